The van der Waals surface area contributed by atoms with Gasteiger partial charge in [0, 0.05) is 43.1 Å². The van der Waals surface area contributed by atoms with Crippen molar-refractivity contribution >= 4 is 5.97 Å². The van der Waals surface area contributed by atoms with Crippen LogP contribution in [0.25, 0.3) is 0 Å². The Hall–Kier alpha value is -2.03. The quantitative estimate of drug-likeness (QED) is 0.128. The van der Waals surface area contributed by atoms with Crippen molar-refractivity contribution in [3.05, 3.63) is 21.8 Å². The summed E-state index contributed by atoms with van der Waals surface area (Å²) in [6.07, 6.45) is 0.487. The molecule has 344 valence electrons. The lowest BCUT2D eigenvalue weighted by atomic mass is 9.43. The first-order chi connectivity index (χ1) is 28.8. The van der Waals surface area contributed by atoms with Gasteiger partial charge in [0.05, 0.1) is 48.3 Å². The fraction of sp³-hybridized carbons (Fsp3) is 0.932. The summed E-state index contributed by atoms with van der Waals surface area (Å²) in [7, 11) is 0. The zero-order valence-corrected chi connectivity index (χ0v) is 36.6. The summed E-state index contributed by atoms with van der Waals surface area (Å²) in [5.41, 5.74) is -1.30. The van der Waals surface area contributed by atoms with Crippen LogP contribution < -0.4 is 0 Å². The van der Waals surface area contributed by atoms with Gasteiger partial charge in [0.1, 0.15) is 31.0 Å². The van der Waals surface area contributed by atoms with E-state index in [0.29, 0.717) is 24.3 Å². The predicted molar refractivity (Wildman–Crippen MR) is 210 cm³/mol. The molecule has 0 radical (unpaired) electrons. The molecule has 8 fully saturated rings. The van der Waals surface area contributed by atoms with Crippen molar-refractivity contribution in [2.24, 2.45) is 34.5 Å². The van der Waals surface area contributed by atoms with E-state index in [1.165, 1.54) is 6.08 Å². The van der Waals surface area contributed by atoms with Gasteiger partial charge in [-0.05, 0) is 108 Å². The monoisotopic (exact) mass is 865 g/mol. The maximum atomic E-state index is 12.8. The summed E-state index contributed by atoms with van der Waals surface area (Å²) in [4.78, 5) is 29.0. The van der Waals surface area contributed by atoms with E-state index in [1.54, 1.807) is 0 Å². The van der Waals surface area contributed by atoms with Crippen molar-refractivity contribution in [3.8, 4) is 0 Å². The number of rotatable bonds is 9. The third-order valence-electron chi connectivity index (χ3n) is 16.8. The molecule has 4 aliphatic carbocycles. The minimum absolute atomic E-state index is 0.0601. The van der Waals surface area contributed by atoms with E-state index in [0.717, 1.165) is 38.5 Å². The Morgan fingerprint density at radius 2 is 1.43 bits per heavy atom. The number of aliphatic hydroxyl groups is 3. The van der Waals surface area contributed by atoms with Crippen molar-refractivity contribution in [3.63, 3.8) is 0 Å². The van der Waals surface area contributed by atoms with Gasteiger partial charge >= 0.3 is 5.97 Å². The van der Waals surface area contributed by atoms with E-state index < -0.39 is 95.4 Å². The van der Waals surface area contributed by atoms with Crippen LogP contribution in [0.2, 0.25) is 0 Å². The van der Waals surface area contributed by atoms with Crippen LogP contribution in [0.3, 0.4) is 0 Å². The Bertz CT molecular complexity index is 1670. The maximum Gasteiger partial charge on any atom is 0.331 e. The Morgan fingerprint density at radius 3 is 2.05 bits per heavy atom. The standard InChI is InChI=1S/C44H67NO16/c1-21-38(57-35-17-30(47)39(22(2)54-35)58-36-18-31-40(23(3)55-36)60-41(4,5)59-31)29(46)16-34(53-21)56-26-10-12-42(6)25(15-26)8-9-28-27(42)11-13-43(7)37(24-14-33(48)52-20-24)32(61-45(50)51)19-44(28,43)49/h14,21-23,25-32,34-40,46-47,49H,8-13,15-20H2,1-7H3/t21-,22-,23-,25-,26+,27+,28-,29+,30+,31+,32+,34+,35+,36+,37+,38-,39-,40-,42+,43-,44+/m1/s1. The second kappa shape index (κ2) is 16.1. The number of nitrogens with zero attached hydrogens (tertiary/aromatic N) is 1. The van der Waals surface area contributed by atoms with Crippen molar-refractivity contribution in [2.75, 3.05) is 6.61 Å². The average molecular weight is 866 g/mol. The van der Waals surface area contributed by atoms with Crippen molar-refractivity contribution in [2.45, 2.75) is 216 Å². The van der Waals surface area contributed by atoms with Crippen LogP contribution in [0.15, 0.2) is 11.6 Å². The Kier molecular flexibility index (Phi) is 11.7. The van der Waals surface area contributed by atoms with Crippen LogP contribution in [0.5, 0.6) is 0 Å². The van der Waals surface area contributed by atoms with E-state index in [1.807, 2.05) is 41.5 Å². The van der Waals surface area contributed by atoms with Crippen LogP contribution in [-0.4, -0.2) is 130 Å². The maximum absolute atomic E-state index is 12.8. The predicted octanol–water partition coefficient (Wildman–Crippen LogP) is 4.23. The molecule has 3 N–H and O–H groups in total. The molecule has 0 amide bonds. The van der Waals surface area contributed by atoms with Crippen LogP contribution in [0.4, 0.5) is 0 Å². The molecule has 9 rings (SSSR count). The van der Waals surface area contributed by atoms with Gasteiger partial charge in [-0.2, -0.15) is 0 Å². The molecular formula is C44H67NO16. The fourth-order valence-corrected chi connectivity index (χ4v) is 14.0. The lowest BCUT2D eigenvalue weighted by Crippen LogP contribution is -2.62. The number of hydrogen-bond acceptors (Lipinski definition) is 16. The average Bonchev–Trinajstić information content (AvgIpc) is 3.80. The molecule has 5 heterocycles. The number of esters is 1. The second-order valence-corrected chi connectivity index (χ2v) is 20.8. The normalized spacial score (nSPS) is 52.9. The third-order valence-corrected chi connectivity index (χ3v) is 16.8. The van der Waals surface area contributed by atoms with Gasteiger partial charge in [0.25, 0.3) is 5.09 Å². The number of carbonyl (C=O) groups is 1. The van der Waals surface area contributed by atoms with Gasteiger partial charge in [-0.1, -0.05) is 13.8 Å². The van der Waals surface area contributed by atoms with E-state index in [4.69, 9.17) is 47.5 Å². The molecule has 5 aliphatic heterocycles. The molecule has 17 nitrogen and oxygen atoms in total. The van der Waals surface area contributed by atoms with Crippen molar-refractivity contribution < 1.29 is 72.7 Å². The van der Waals surface area contributed by atoms with Gasteiger partial charge in [-0.15, -0.1) is 10.1 Å². The van der Waals surface area contributed by atoms with E-state index in [9.17, 15) is 30.2 Å². The third kappa shape index (κ3) is 7.86. The smallest absolute Gasteiger partial charge is 0.331 e. The minimum Gasteiger partial charge on any atom is -0.458 e. The van der Waals surface area contributed by atoms with E-state index in [2.05, 4.69) is 6.92 Å². The number of hydrogen-bond donors (Lipinski definition) is 3. The lowest BCUT2D eigenvalue weighted by Gasteiger charge is -2.63. The summed E-state index contributed by atoms with van der Waals surface area (Å²) in [6, 6.07) is 0. The highest BCUT2D eigenvalue weighted by Gasteiger charge is 2.71. The van der Waals surface area contributed by atoms with Crippen LogP contribution in [0, 0.1) is 44.6 Å². The van der Waals surface area contributed by atoms with Gasteiger partial charge in [0.15, 0.2) is 24.7 Å². The number of cyclic esters (lactones) is 1. The summed E-state index contributed by atoms with van der Waals surface area (Å²) >= 11 is 0. The van der Waals surface area contributed by atoms with Gasteiger partial charge in [-0.3, -0.25) is 0 Å². The first kappa shape index (κ1) is 44.2. The summed E-state index contributed by atoms with van der Waals surface area (Å²) in [5, 5.41) is 46.3. The molecule has 17 heteroatoms. The molecule has 0 aromatic carbocycles. The molecule has 21 atom stereocenters. The number of ether oxygens (including phenoxy) is 9. The van der Waals surface area contributed by atoms with Crippen molar-refractivity contribution in [1.29, 1.82) is 0 Å². The topological polar surface area (TPSA) is 213 Å². The molecular weight excluding hydrogens is 798 g/mol. The van der Waals surface area contributed by atoms with Gasteiger partial charge < -0.3 is 62.8 Å². The Morgan fingerprint density at radius 1 is 0.787 bits per heavy atom. The molecule has 4 saturated carbocycles. The van der Waals surface area contributed by atoms with Crippen molar-refractivity contribution in [1.82, 2.24) is 0 Å². The number of aliphatic hydroxyl groups excluding tert-OH is 2. The molecule has 9 aliphatic rings. The molecule has 0 aromatic rings. The van der Waals surface area contributed by atoms with E-state index in [-0.39, 0.29) is 67.5 Å². The molecule has 0 aromatic heterocycles. The molecule has 61 heavy (non-hydrogen) atoms. The molecule has 4 saturated heterocycles. The Labute approximate surface area is 357 Å². The highest BCUT2D eigenvalue weighted by Crippen LogP contribution is 2.70. The SMILES string of the molecule is C[C@H]1O[C@@H](O[C@H]2[C@@H](O)C[C@H](O[C@H]3[C@@H](O)C[C@H](O[C@H]4CC[C@@]5(C)[C@H](CC[C@@H]6[C@@H]5CC[C@]5(C)[C@@H](C7=CC(=O)OC7)[C@@H](O[N+](=O)[O-])C[C@]65O)C4)O[C@@H]3C)O[C@@H]2C)C[C@@H]2OC(C)(C)O[C@@H]21. The summed E-state index contributed by atoms with van der Waals surface area (Å²) in [5.74, 6) is -1.16. The number of carbonyl (C=O) groups excluding carboxylic acids is 1. The fourth-order valence-electron chi connectivity index (χ4n) is 14.0. The van der Waals surface area contributed by atoms with Gasteiger partial charge in [-0.25, -0.2) is 4.79 Å². The molecule has 0 unspecified atom stereocenters. The summed E-state index contributed by atoms with van der Waals surface area (Å²) < 4.78 is 55.2. The van der Waals surface area contributed by atoms with Crippen LogP contribution in [0.1, 0.15) is 119 Å². The lowest BCUT2D eigenvalue weighted by molar-refractivity contribution is -0.770. The van der Waals surface area contributed by atoms with Crippen LogP contribution in [-0.2, 0) is 52.3 Å². The largest absolute Gasteiger partial charge is 0.458 e. The highest BCUT2D eigenvalue weighted by molar-refractivity contribution is 5.85. The minimum atomic E-state index is -1.20. The number of fused-ring (bicyclic) bond motifs is 6. The van der Waals surface area contributed by atoms with Crippen LogP contribution >= 0.6 is 0 Å². The zero-order valence-electron chi connectivity index (χ0n) is 36.6. The molecule has 0 spiro atoms. The Balaban J connectivity index is 0.773. The van der Waals surface area contributed by atoms with Gasteiger partial charge in [0.2, 0.25) is 0 Å². The first-order valence-corrected chi connectivity index (χ1v) is 22.8. The highest BCUT2D eigenvalue weighted by atomic mass is 17.0. The molecule has 0 bridgehead atoms. The summed E-state index contributed by atoms with van der Waals surface area (Å²) in [6.45, 7) is 13.8. The second-order valence-electron chi connectivity index (χ2n) is 20.8. The van der Waals surface area contributed by atoms with E-state index >= 15 is 0 Å². The first-order valence-electron chi connectivity index (χ1n) is 22.8. The zero-order chi connectivity index (χ0) is 43.4.